The summed E-state index contributed by atoms with van der Waals surface area (Å²) in [4.78, 5) is 19.5. The van der Waals surface area contributed by atoms with Crippen LogP contribution in [-0.2, 0) is 0 Å². The van der Waals surface area contributed by atoms with Gasteiger partial charge in [-0.05, 0) is 37.1 Å². The second kappa shape index (κ2) is 7.01. The Bertz CT molecular complexity index is 770. The number of nitrogens with one attached hydrogen (secondary N) is 1. The molecule has 0 radical (unpaired) electrons. The van der Waals surface area contributed by atoms with Gasteiger partial charge >= 0.3 is 0 Å². The number of pyridine rings is 1. The molecule has 4 rings (SSSR count). The van der Waals surface area contributed by atoms with Gasteiger partial charge in [0.2, 0.25) is 6.79 Å². The smallest absolute Gasteiger partial charge is 0.259 e. The van der Waals surface area contributed by atoms with E-state index in [9.17, 15) is 4.79 Å². The Kier molecular flexibility index (Phi) is 4.41. The Morgan fingerprint density at radius 2 is 1.84 bits per heavy atom. The molecule has 1 aromatic heterocycles. The van der Waals surface area contributed by atoms with Crippen molar-refractivity contribution in [2.45, 2.75) is 25.7 Å². The molecule has 2 aromatic rings. The molecule has 0 atom stereocenters. The molecule has 1 N–H and O–H groups in total. The maximum Gasteiger partial charge on any atom is 0.259 e. The molecule has 0 bridgehead atoms. The number of amides is 1. The second-order valence-corrected chi connectivity index (χ2v) is 6.30. The van der Waals surface area contributed by atoms with Crippen LogP contribution in [0.1, 0.15) is 36.0 Å². The summed E-state index contributed by atoms with van der Waals surface area (Å²) in [6.45, 7) is 2.11. The fraction of sp³-hybridized carbons (Fsp3) is 0.368. The first-order valence-electron chi connectivity index (χ1n) is 8.72. The Hall–Kier alpha value is -2.76. The van der Waals surface area contributed by atoms with Gasteiger partial charge in [-0.15, -0.1) is 0 Å². The first-order valence-corrected chi connectivity index (χ1v) is 8.72. The Balaban J connectivity index is 1.55. The van der Waals surface area contributed by atoms with Crippen LogP contribution in [-0.4, -0.2) is 30.8 Å². The van der Waals surface area contributed by atoms with Crippen molar-refractivity contribution >= 4 is 17.4 Å². The van der Waals surface area contributed by atoms with Crippen molar-refractivity contribution in [1.29, 1.82) is 0 Å². The monoisotopic (exact) mass is 339 g/mol. The van der Waals surface area contributed by atoms with E-state index in [2.05, 4.69) is 15.2 Å². The third kappa shape index (κ3) is 3.38. The van der Waals surface area contributed by atoms with E-state index in [-0.39, 0.29) is 12.7 Å². The maximum atomic E-state index is 12.8. The van der Waals surface area contributed by atoms with Gasteiger partial charge in [0.15, 0.2) is 11.5 Å². The second-order valence-electron chi connectivity index (χ2n) is 6.30. The van der Waals surface area contributed by atoms with Crippen LogP contribution in [0.2, 0.25) is 0 Å². The largest absolute Gasteiger partial charge is 0.454 e. The summed E-state index contributed by atoms with van der Waals surface area (Å²) in [6, 6.07) is 9.03. The van der Waals surface area contributed by atoms with Crippen LogP contribution >= 0.6 is 0 Å². The number of fused-ring (bicyclic) bond motifs is 1. The minimum Gasteiger partial charge on any atom is -0.454 e. The van der Waals surface area contributed by atoms with E-state index in [1.54, 1.807) is 24.4 Å². The number of hydrogen-bond donors (Lipinski definition) is 1. The van der Waals surface area contributed by atoms with Crippen molar-refractivity contribution in [2.75, 3.05) is 30.1 Å². The Morgan fingerprint density at radius 1 is 1.04 bits per heavy atom. The first-order chi connectivity index (χ1) is 12.3. The number of nitrogens with zero attached hydrogens (tertiary/aromatic N) is 2. The van der Waals surface area contributed by atoms with Crippen molar-refractivity contribution in [2.24, 2.45) is 0 Å². The van der Waals surface area contributed by atoms with Crippen molar-refractivity contribution in [3.05, 3.63) is 42.1 Å². The number of ether oxygens (including phenoxy) is 2. The van der Waals surface area contributed by atoms with Gasteiger partial charge in [-0.3, -0.25) is 4.79 Å². The molecule has 1 amide bonds. The quantitative estimate of drug-likeness (QED) is 0.928. The van der Waals surface area contributed by atoms with Crippen LogP contribution in [0, 0.1) is 0 Å². The van der Waals surface area contributed by atoms with Crippen molar-refractivity contribution in [3.63, 3.8) is 0 Å². The average molecular weight is 339 g/mol. The zero-order valence-corrected chi connectivity index (χ0v) is 14.0. The van der Waals surface area contributed by atoms with Crippen LogP contribution < -0.4 is 19.7 Å². The van der Waals surface area contributed by atoms with Crippen LogP contribution in [0.4, 0.5) is 11.5 Å². The van der Waals surface area contributed by atoms with Gasteiger partial charge in [-0.1, -0.05) is 12.8 Å². The normalized spacial score (nSPS) is 16.4. The van der Waals surface area contributed by atoms with E-state index in [0.29, 0.717) is 22.7 Å². The number of rotatable bonds is 3. The summed E-state index contributed by atoms with van der Waals surface area (Å²) in [6.07, 6.45) is 6.50. The SMILES string of the molecule is O=C(Nc1ccc2c(c1)OCO2)c1cccnc1N1CCCCCC1. The molecule has 2 aliphatic heterocycles. The van der Waals surface area contributed by atoms with Gasteiger partial charge in [0.1, 0.15) is 5.82 Å². The summed E-state index contributed by atoms with van der Waals surface area (Å²) in [5.74, 6) is 1.95. The molecule has 1 aromatic carbocycles. The highest BCUT2D eigenvalue weighted by molar-refractivity contribution is 6.07. The molecule has 0 unspecified atom stereocenters. The van der Waals surface area contributed by atoms with Crippen LogP contribution in [0.5, 0.6) is 11.5 Å². The maximum absolute atomic E-state index is 12.8. The summed E-state index contributed by atoms with van der Waals surface area (Å²) >= 11 is 0. The molecule has 1 fully saturated rings. The molecule has 6 heteroatoms. The molecule has 130 valence electrons. The molecule has 0 aliphatic carbocycles. The Labute approximate surface area is 146 Å². The topological polar surface area (TPSA) is 63.7 Å². The predicted molar refractivity (Wildman–Crippen MR) is 95.4 cm³/mol. The number of hydrogen-bond acceptors (Lipinski definition) is 5. The molecule has 3 heterocycles. The lowest BCUT2D eigenvalue weighted by atomic mass is 10.2. The zero-order valence-electron chi connectivity index (χ0n) is 14.0. The van der Waals surface area contributed by atoms with Crippen LogP contribution in [0.25, 0.3) is 0 Å². The molecule has 0 saturated carbocycles. The van der Waals surface area contributed by atoms with Gasteiger partial charge in [0.25, 0.3) is 5.91 Å². The highest BCUT2D eigenvalue weighted by Crippen LogP contribution is 2.34. The molecular weight excluding hydrogens is 318 g/mol. The van der Waals surface area contributed by atoms with Crippen LogP contribution in [0.15, 0.2) is 36.5 Å². The lowest BCUT2D eigenvalue weighted by Gasteiger charge is -2.23. The number of benzene rings is 1. The van der Waals surface area contributed by atoms with Crippen molar-refractivity contribution in [3.8, 4) is 11.5 Å². The van der Waals surface area contributed by atoms with Gasteiger partial charge in [0.05, 0.1) is 5.56 Å². The number of anilines is 2. The van der Waals surface area contributed by atoms with E-state index in [0.717, 1.165) is 31.7 Å². The molecule has 0 spiro atoms. The van der Waals surface area contributed by atoms with Crippen LogP contribution in [0.3, 0.4) is 0 Å². The van der Waals surface area contributed by atoms with E-state index >= 15 is 0 Å². The van der Waals surface area contributed by atoms with E-state index in [1.165, 1.54) is 12.8 Å². The van der Waals surface area contributed by atoms with E-state index in [4.69, 9.17) is 9.47 Å². The van der Waals surface area contributed by atoms with Gasteiger partial charge < -0.3 is 19.7 Å². The fourth-order valence-corrected chi connectivity index (χ4v) is 3.28. The highest BCUT2D eigenvalue weighted by Gasteiger charge is 2.20. The average Bonchev–Trinajstić information content (AvgIpc) is 2.93. The van der Waals surface area contributed by atoms with Gasteiger partial charge in [-0.25, -0.2) is 4.98 Å². The third-order valence-electron chi connectivity index (χ3n) is 4.57. The molecule has 6 nitrogen and oxygen atoms in total. The summed E-state index contributed by atoms with van der Waals surface area (Å²) in [7, 11) is 0. The van der Waals surface area contributed by atoms with Crippen molar-refractivity contribution in [1.82, 2.24) is 4.98 Å². The third-order valence-corrected chi connectivity index (χ3v) is 4.57. The molecular formula is C19H21N3O3. The summed E-state index contributed by atoms with van der Waals surface area (Å²) in [5, 5.41) is 2.94. The van der Waals surface area contributed by atoms with E-state index in [1.807, 2.05) is 12.1 Å². The highest BCUT2D eigenvalue weighted by atomic mass is 16.7. The number of aromatic nitrogens is 1. The molecule has 2 aliphatic rings. The van der Waals surface area contributed by atoms with Crippen molar-refractivity contribution < 1.29 is 14.3 Å². The minimum absolute atomic E-state index is 0.161. The molecule has 25 heavy (non-hydrogen) atoms. The zero-order chi connectivity index (χ0) is 17.1. The standard InChI is InChI=1S/C19H21N3O3/c23-19(21-14-7-8-16-17(12-14)25-13-24-16)15-6-5-9-20-18(15)22-10-3-1-2-4-11-22/h5-9,12H,1-4,10-11,13H2,(H,21,23). The first kappa shape index (κ1) is 15.7. The number of carbonyl (C=O) groups excluding carboxylic acids is 1. The number of carbonyl (C=O) groups is 1. The van der Waals surface area contributed by atoms with E-state index < -0.39 is 0 Å². The minimum atomic E-state index is -0.161. The predicted octanol–water partition coefficient (Wildman–Crippen LogP) is 3.44. The Morgan fingerprint density at radius 3 is 2.68 bits per heavy atom. The van der Waals surface area contributed by atoms with Gasteiger partial charge in [0, 0.05) is 31.0 Å². The van der Waals surface area contributed by atoms with Gasteiger partial charge in [-0.2, -0.15) is 0 Å². The fourth-order valence-electron chi connectivity index (χ4n) is 3.28. The summed E-state index contributed by atoms with van der Waals surface area (Å²) < 4.78 is 10.7. The lowest BCUT2D eigenvalue weighted by molar-refractivity contribution is 0.102. The molecule has 1 saturated heterocycles. The lowest BCUT2D eigenvalue weighted by Crippen LogP contribution is -2.28. The summed E-state index contributed by atoms with van der Waals surface area (Å²) in [5.41, 5.74) is 1.28.